The minimum atomic E-state index is -0.216. The standard InChI is InChI=1S/C14H17N3O2/c1-3-19-13-7-5-4-6-11(13)16-14(18)12-8-10(15)9-17(12)2/h4-9H,3,15H2,1-2H3,(H,16,18). The number of aryl methyl sites for hydroxylation is 1. The van der Waals surface area contributed by atoms with Gasteiger partial charge in [-0.25, -0.2) is 0 Å². The number of anilines is 2. The molecule has 5 heteroatoms. The zero-order valence-corrected chi connectivity index (χ0v) is 11.0. The Hall–Kier alpha value is -2.43. The molecule has 0 aliphatic rings. The van der Waals surface area contributed by atoms with Crippen LogP contribution in [0.1, 0.15) is 17.4 Å². The van der Waals surface area contributed by atoms with Crippen LogP contribution in [0.2, 0.25) is 0 Å². The predicted octanol–water partition coefficient (Wildman–Crippen LogP) is 2.26. The van der Waals surface area contributed by atoms with Crippen molar-refractivity contribution in [1.29, 1.82) is 0 Å². The molecule has 0 saturated heterocycles. The molecule has 2 rings (SSSR count). The molecule has 1 aromatic carbocycles. The summed E-state index contributed by atoms with van der Waals surface area (Å²) in [6.07, 6.45) is 1.70. The van der Waals surface area contributed by atoms with E-state index in [-0.39, 0.29) is 5.91 Å². The molecule has 1 heterocycles. The molecule has 1 amide bonds. The lowest BCUT2D eigenvalue weighted by Crippen LogP contribution is -2.16. The first-order valence-corrected chi connectivity index (χ1v) is 6.07. The van der Waals surface area contributed by atoms with Gasteiger partial charge >= 0.3 is 0 Å². The van der Waals surface area contributed by atoms with Crippen LogP contribution >= 0.6 is 0 Å². The molecule has 5 nitrogen and oxygen atoms in total. The highest BCUT2D eigenvalue weighted by atomic mass is 16.5. The van der Waals surface area contributed by atoms with Crippen molar-refractivity contribution in [3.63, 3.8) is 0 Å². The van der Waals surface area contributed by atoms with Crippen molar-refractivity contribution < 1.29 is 9.53 Å². The summed E-state index contributed by atoms with van der Waals surface area (Å²) in [5.74, 6) is 0.437. The van der Waals surface area contributed by atoms with E-state index in [2.05, 4.69) is 5.32 Å². The Morgan fingerprint density at radius 3 is 2.79 bits per heavy atom. The molecule has 1 aromatic heterocycles. The van der Waals surface area contributed by atoms with Crippen LogP contribution in [-0.4, -0.2) is 17.1 Å². The highest BCUT2D eigenvalue weighted by Crippen LogP contribution is 2.24. The first kappa shape index (κ1) is 13.0. The van der Waals surface area contributed by atoms with Gasteiger partial charge < -0.3 is 20.4 Å². The first-order valence-electron chi connectivity index (χ1n) is 6.07. The molecule has 100 valence electrons. The van der Waals surface area contributed by atoms with Gasteiger partial charge in [-0.2, -0.15) is 0 Å². The minimum Gasteiger partial charge on any atom is -0.492 e. The van der Waals surface area contributed by atoms with Crippen molar-refractivity contribution in [3.05, 3.63) is 42.2 Å². The molecule has 19 heavy (non-hydrogen) atoms. The van der Waals surface area contributed by atoms with E-state index in [1.54, 1.807) is 29.9 Å². The molecular formula is C14H17N3O2. The first-order chi connectivity index (χ1) is 9.11. The second-order valence-electron chi connectivity index (χ2n) is 4.15. The van der Waals surface area contributed by atoms with Gasteiger partial charge in [0.25, 0.3) is 5.91 Å². The van der Waals surface area contributed by atoms with Crippen LogP contribution in [0.4, 0.5) is 11.4 Å². The number of carbonyl (C=O) groups excluding carboxylic acids is 1. The van der Waals surface area contributed by atoms with Crippen LogP contribution in [0, 0.1) is 0 Å². The SMILES string of the molecule is CCOc1ccccc1NC(=O)c1cc(N)cn1C. The number of amides is 1. The van der Waals surface area contributed by atoms with Gasteiger partial charge in [-0.15, -0.1) is 0 Å². The van der Waals surface area contributed by atoms with Crippen molar-refractivity contribution in [3.8, 4) is 5.75 Å². The maximum atomic E-state index is 12.2. The Morgan fingerprint density at radius 2 is 2.16 bits per heavy atom. The van der Waals surface area contributed by atoms with Crippen LogP contribution in [0.3, 0.4) is 0 Å². The van der Waals surface area contributed by atoms with E-state index in [1.807, 2.05) is 25.1 Å². The van der Waals surface area contributed by atoms with Gasteiger partial charge in [0.15, 0.2) is 0 Å². The molecule has 0 spiro atoms. The second kappa shape index (κ2) is 5.48. The van der Waals surface area contributed by atoms with E-state index in [1.165, 1.54) is 0 Å². The normalized spacial score (nSPS) is 10.2. The van der Waals surface area contributed by atoms with E-state index >= 15 is 0 Å². The van der Waals surface area contributed by atoms with Gasteiger partial charge in [0.1, 0.15) is 11.4 Å². The summed E-state index contributed by atoms with van der Waals surface area (Å²) in [5.41, 5.74) is 7.37. The Balaban J connectivity index is 2.21. The lowest BCUT2D eigenvalue weighted by Gasteiger charge is -2.11. The van der Waals surface area contributed by atoms with E-state index in [9.17, 15) is 4.79 Å². The van der Waals surface area contributed by atoms with Crippen molar-refractivity contribution in [2.24, 2.45) is 7.05 Å². The third-order valence-corrected chi connectivity index (χ3v) is 2.69. The molecule has 0 aliphatic heterocycles. The average molecular weight is 259 g/mol. The Kier molecular flexibility index (Phi) is 3.75. The molecule has 0 saturated carbocycles. The third kappa shape index (κ3) is 2.88. The van der Waals surface area contributed by atoms with Crippen LogP contribution in [0.25, 0.3) is 0 Å². The Labute approximate surface area is 112 Å². The number of nitrogens with zero attached hydrogens (tertiary/aromatic N) is 1. The predicted molar refractivity (Wildman–Crippen MR) is 75.4 cm³/mol. The molecular weight excluding hydrogens is 242 g/mol. The lowest BCUT2D eigenvalue weighted by atomic mass is 10.2. The maximum Gasteiger partial charge on any atom is 0.272 e. The fourth-order valence-corrected chi connectivity index (χ4v) is 1.85. The number of rotatable bonds is 4. The molecule has 0 radical (unpaired) electrons. The summed E-state index contributed by atoms with van der Waals surface area (Å²) >= 11 is 0. The van der Waals surface area contributed by atoms with Crippen molar-refractivity contribution in [1.82, 2.24) is 4.57 Å². The summed E-state index contributed by atoms with van der Waals surface area (Å²) in [6, 6.07) is 8.96. The summed E-state index contributed by atoms with van der Waals surface area (Å²) in [6.45, 7) is 2.44. The van der Waals surface area contributed by atoms with E-state index in [4.69, 9.17) is 10.5 Å². The van der Waals surface area contributed by atoms with Crippen molar-refractivity contribution in [2.75, 3.05) is 17.7 Å². The van der Waals surface area contributed by atoms with E-state index < -0.39 is 0 Å². The molecule has 2 aromatic rings. The molecule has 0 unspecified atom stereocenters. The highest BCUT2D eigenvalue weighted by Gasteiger charge is 2.13. The second-order valence-corrected chi connectivity index (χ2v) is 4.15. The summed E-state index contributed by atoms with van der Waals surface area (Å²) < 4.78 is 7.15. The number of carbonyl (C=O) groups is 1. The number of hydrogen-bond acceptors (Lipinski definition) is 3. The minimum absolute atomic E-state index is 0.216. The highest BCUT2D eigenvalue weighted by molar-refractivity contribution is 6.04. The van der Waals surface area contributed by atoms with Crippen molar-refractivity contribution in [2.45, 2.75) is 6.92 Å². The number of ether oxygens (including phenoxy) is 1. The zero-order valence-electron chi connectivity index (χ0n) is 11.0. The van der Waals surface area contributed by atoms with Gasteiger partial charge in [0.05, 0.1) is 18.0 Å². The molecule has 0 fully saturated rings. The van der Waals surface area contributed by atoms with E-state index in [0.717, 1.165) is 0 Å². The van der Waals surface area contributed by atoms with Gasteiger partial charge in [0, 0.05) is 13.2 Å². The van der Waals surface area contributed by atoms with Crippen LogP contribution in [-0.2, 0) is 7.05 Å². The summed E-state index contributed by atoms with van der Waals surface area (Å²) in [5, 5.41) is 2.83. The van der Waals surface area contributed by atoms with Gasteiger partial charge in [-0.05, 0) is 25.1 Å². The zero-order chi connectivity index (χ0) is 13.8. The molecule has 3 N–H and O–H groups in total. The maximum absolute atomic E-state index is 12.2. The monoisotopic (exact) mass is 259 g/mol. The number of aromatic nitrogens is 1. The topological polar surface area (TPSA) is 69.3 Å². The quantitative estimate of drug-likeness (QED) is 0.884. The van der Waals surface area contributed by atoms with Crippen LogP contribution in [0.15, 0.2) is 36.5 Å². The van der Waals surface area contributed by atoms with Gasteiger partial charge in [-0.1, -0.05) is 12.1 Å². The number of nitrogen functional groups attached to an aromatic ring is 1. The molecule has 0 aliphatic carbocycles. The summed E-state index contributed by atoms with van der Waals surface area (Å²) in [7, 11) is 1.78. The summed E-state index contributed by atoms with van der Waals surface area (Å²) in [4.78, 5) is 12.2. The fraction of sp³-hybridized carbons (Fsp3) is 0.214. The van der Waals surface area contributed by atoms with Crippen LogP contribution in [0.5, 0.6) is 5.75 Å². The number of hydrogen-bond donors (Lipinski definition) is 2. The largest absolute Gasteiger partial charge is 0.492 e. The van der Waals surface area contributed by atoms with Crippen LogP contribution < -0.4 is 15.8 Å². The average Bonchev–Trinajstić information content (AvgIpc) is 2.71. The van der Waals surface area contributed by atoms with E-state index in [0.29, 0.717) is 29.4 Å². The lowest BCUT2D eigenvalue weighted by molar-refractivity contribution is 0.101. The number of nitrogens with one attached hydrogen (secondary N) is 1. The fourth-order valence-electron chi connectivity index (χ4n) is 1.85. The Bertz CT molecular complexity index is 590. The van der Waals surface area contributed by atoms with Gasteiger partial charge in [-0.3, -0.25) is 4.79 Å². The number of benzene rings is 1. The molecule has 0 bridgehead atoms. The smallest absolute Gasteiger partial charge is 0.272 e. The van der Waals surface area contributed by atoms with Crippen molar-refractivity contribution >= 4 is 17.3 Å². The Morgan fingerprint density at radius 1 is 1.42 bits per heavy atom. The molecule has 0 atom stereocenters. The van der Waals surface area contributed by atoms with Gasteiger partial charge in [0.2, 0.25) is 0 Å². The third-order valence-electron chi connectivity index (χ3n) is 2.69. The number of nitrogens with two attached hydrogens (primary N) is 1. The number of para-hydroxylation sites is 2.